The maximum absolute atomic E-state index is 10.9. The van der Waals surface area contributed by atoms with Crippen LogP contribution in [-0.4, -0.2) is 16.0 Å². The molecule has 0 fully saturated rings. The Labute approximate surface area is 112 Å². The molecule has 1 N–H and O–H groups in total. The van der Waals surface area contributed by atoms with Crippen molar-refractivity contribution < 1.29 is 14.6 Å². The number of aliphatic carboxylic acids is 1. The van der Waals surface area contributed by atoms with Crippen molar-refractivity contribution in [3.63, 3.8) is 0 Å². The van der Waals surface area contributed by atoms with E-state index in [9.17, 15) is 4.79 Å². The minimum atomic E-state index is -0.781. The third kappa shape index (κ3) is 2.64. The highest BCUT2D eigenvalue weighted by atomic mass is 32.2. The summed E-state index contributed by atoms with van der Waals surface area (Å²) in [6.45, 7) is 7.94. The van der Waals surface area contributed by atoms with Gasteiger partial charge in [0.15, 0.2) is 4.93 Å². The van der Waals surface area contributed by atoms with E-state index in [2.05, 4.69) is 0 Å². The largest absolute Gasteiger partial charge is 0.481 e. The van der Waals surface area contributed by atoms with E-state index in [-0.39, 0.29) is 16.8 Å². The van der Waals surface area contributed by atoms with Gasteiger partial charge in [-0.1, -0.05) is 31.7 Å². The number of hydrogen-bond donors (Lipinski definition) is 1. The Kier molecular flexibility index (Phi) is 3.09. The van der Waals surface area contributed by atoms with Crippen molar-refractivity contribution >= 4 is 17.7 Å². The van der Waals surface area contributed by atoms with Gasteiger partial charge in [0.05, 0.1) is 11.3 Å². The first-order valence-electron chi connectivity index (χ1n) is 5.94. The summed E-state index contributed by atoms with van der Waals surface area (Å²) in [6, 6.07) is 5.99. The van der Waals surface area contributed by atoms with E-state index in [1.807, 2.05) is 45.9 Å². The Morgan fingerprint density at radius 3 is 2.72 bits per heavy atom. The predicted octanol–water partition coefficient (Wildman–Crippen LogP) is 3.66. The van der Waals surface area contributed by atoms with Crippen molar-refractivity contribution in [2.45, 2.75) is 49.4 Å². The molecule has 1 aromatic rings. The molecular formula is C14H18O3S. The van der Waals surface area contributed by atoms with Gasteiger partial charge in [0.2, 0.25) is 0 Å². The third-order valence-electron chi connectivity index (χ3n) is 3.03. The van der Waals surface area contributed by atoms with Crippen LogP contribution >= 0.6 is 11.8 Å². The van der Waals surface area contributed by atoms with Crippen LogP contribution in [0.15, 0.2) is 23.1 Å². The molecule has 0 bridgehead atoms. The molecule has 1 heterocycles. The summed E-state index contributed by atoms with van der Waals surface area (Å²) >= 11 is 1.69. The fourth-order valence-corrected chi connectivity index (χ4v) is 3.12. The third-order valence-corrected chi connectivity index (χ3v) is 4.16. The first kappa shape index (κ1) is 13.3. The smallest absolute Gasteiger partial charge is 0.304 e. The minimum Gasteiger partial charge on any atom is -0.481 e. The van der Waals surface area contributed by atoms with Gasteiger partial charge in [-0.15, -0.1) is 0 Å². The van der Waals surface area contributed by atoms with E-state index in [1.54, 1.807) is 11.8 Å². The number of carboxylic acid groups (broad SMARTS) is 1. The fourth-order valence-electron chi connectivity index (χ4n) is 2.12. The topological polar surface area (TPSA) is 46.5 Å². The van der Waals surface area contributed by atoms with Crippen LogP contribution in [0, 0.1) is 0 Å². The molecule has 1 aromatic carbocycles. The Morgan fingerprint density at radius 1 is 1.44 bits per heavy atom. The number of fused-ring (bicyclic) bond motifs is 1. The molecule has 0 spiro atoms. The number of ether oxygens (including phenoxy) is 1. The second-order valence-electron chi connectivity index (χ2n) is 5.72. The predicted molar refractivity (Wildman–Crippen MR) is 72.3 cm³/mol. The van der Waals surface area contributed by atoms with E-state index in [4.69, 9.17) is 9.84 Å². The van der Waals surface area contributed by atoms with Crippen molar-refractivity contribution in [3.8, 4) is 5.75 Å². The van der Waals surface area contributed by atoms with Crippen LogP contribution in [0.4, 0.5) is 0 Å². The average molecular weight is 266 g/mol. The number of hydrogen-bond acceptors (Lipinski definition) is 3. The molecule has 0 aliphatic carbocycles. The summed E-state index contributed by atoms with van der Waals surface area (Å²) in [7, 11) is 0. The van der Waals surface area contributed by atoms with E-state index in [0.29, 0.717) is 0 Å². The Morgan fingerprint density at radius 2 is 2.11 bits per heavy atom. The van der Waals surface area contributed by atoms with Crippen molar-refractivity contribution in [3.05, 3.63) is 23.8 Å². The van der Waals surface area contributed by atoms with Crippen LogP contribution in [0.1, 0.15) is 39.7 Å². The Hall–Kier alpha value is -1.16. The molecule has 3 nitrogen and oxygen atoms in total. The van der Waals surface area contributed by atoms with Crippen LogP contribution < -0.4 is 4.74 Å². The SMILES string of the molecule is CC1(C)Oc2cc(C(C)(C)CC(=O)O)ccc2S1. The summed E-state index contributed by atoms with van der Waals surface area (Å²) in [4.78, 5) is 11.8. The molecule has 2 rings (SSSR count). The zero-order chi connectivity index (χ0) is 13.6. The van der Waals surface area contributed by atoms with Crippen molar-refractivity contribution in [2.24, 2.45) is 0 Å². The molecule has 4 heteroatoms. The van der Waals surface area contributed by atoms with E-state index < -0.39 is 5.97 Å². The number of carboxylic acids is 1. The van der Waals surface area contributed by atoms with Crippen LogP contribution in [0.3, 0.4) is 0 Å². The summed E-state index contributed by atoms with van der Waals surface area (Å²) in [6.07, 6.45) is 0.113. The highest BCUT2D eigenvalue weighted by Gasteiger charge is 2.33. The Bertz CT molecular complexity index is 492. The number of benzene rings is 1. The molecule has 0 aromatic heterocycles. The molecule has 0 radical (unpaired) electrons. The maximum atomic E-state index is 10.9. The molecule has 1 aliphatic heterocycles. The summed E-state index contributed by atoms with van der Waals surface area (Å²) < 4.78 is 5.85. The van der Waals surface area contributed by atoms with E-state index >= 15 is 0 Å². The zero-order valence-corrected chi connectivity index (χ0v) is 11.9. The van der Waals surface area contributed by atoms with Gasteiger partial charge < -0.3 is 9.84 Å². The Balaban J connectivity index is 2.31. The standard InChI is InChI=1S/C14H18O3S/c1-13(2,8-12(15)16)9-5-6-11-10(7-9)17-14(3,4)18-11/h5-7H,8H2,1-4H3,(H,15,16). The monoisotopic (exact) mass is 266 g/mol. The maximum Gasteiger partial charge on any atom is 0.304 e. The normalized spacial score (nSPS) is 17.1. The second-order valence-corrected chi connectivity index (χ2v) is 7.35. The summed E-state index contributed by atoms with van der Waals surface area (Å²) in [5.41, 5.74) is 0.615. The van der Waals surface area contributed by atoms with Crippen molar-refractivity contribution in [1.82, 2.24) is 0 Å². The minimum absolute atomic E-state index is 0.113. The molecule has 1 aliphatic rings. The van der Waals surface area contributed by atoms with Crippen LogP contribution in [-0.2, 0) is 10.2 Å². The van der Waals surface area contributed by atoms with Gasteiger partial charge in [0.1, 0.15) is 5.75 Å². The van der Waals surface area contributed by atoms with Crippen LogP contribution in [0.25, 0.3) is 0 Å². The highest BCUT2D eigenvalue weighted by Crippen LogP contribution is 2.48. The van der Waals surface area contributed by atoms with Crippen molar-refractivity contribution in [2.75, 3.05) is 0 Å². The highest BCUT2D eigenvalue weighted by molar-refractivity contribution is 8.00. The average Bonchev–Trinajstić information content (AvgIpc) is 2.47. The lowest BCUT2D eigenvalue weighted by atomic mass is 9.81. The van der Waals surface area contributed by atoms with Crippen LogP contribution in [0.5, 0.6) is 5.75 Å². The fraction of sp³-hybridized carbons (Fsp3) is 0.500. The quantitative estimate of drug-likeness (QED) is 0.907. The van der Waals surface area contributed by atoms with Gasteiger partial charge in [-0.25, -0.2) is 0 Å². The molecule has 0 unspecified atom stereocenters. The summed E-state index contributed by atoms with van der Waals surface area (Å²) in [5.74, 6) is 0.0806. The van der Waals surface area contributed by atoms with Gasteiger partial charge >= 0.3 is 5.97 Å². The van der Waals surface area contributed by atoms with Gasteiger partial charge in [-0.05, 0) is 31.5 Å². The number of carbonyl (C=O) groups is 1. The van der Waals surface area contributed by atoms with Gasteiger partial charge in [-0.3, -0.25) is 4.79 Å². The van der Waals surface area contributed by atoms with E-state index in [1.165, 1.54) is 0 Å². The van der Waals surface area contributed by atoms with E-state index in [0.717, 1.165) is 16.2 Å². The van der Waals surface area contributed by atoms with Crippen LogP contribution in [0.2, 0.25) is 0 Å². The van der Waals surface area contributed by atoms with Crippen molar-refractivity contribution in [1.29, 1.82) is 0 Å². The molecule has 0 amide bonds. The van der Waals surface area contributed by atoms with Gasteiger partial charge in [0.25, 0.3) is 0 Å². The van der Waals surface area contributed by atoms with Gasteiger partial charge in [-0.2, -0.15) is 0 Å². The first-order chi connectivity index (χ1) is 8.20. The second kappa shape index (κ2) is 4.19. The number of rotatable bonds is 3. The molecule has 0 atom stereocenters. The van der Waals surface area contributed by atoms with Gasteiger partial charge in [0, 0.05) is 5.41 Å². The number of thioether (sulfide) groups is 1. The summed E-state index contributed by atoms with van der Waals surface area (Å²) in [5, 5.41) is 8.95. The molecular weight excluding hydrogens is 248 g/mol. The first-order valence-corrected chi connectivity index (χ1v) is 6.76. The zero-order valence-electron chi connectivity index (χ0n) is 11.1. The molecule has 98 valence electrons. The lowest BCUT2D eigenvalue weighted by molar-refractivity contribution is -0.138. The molecule has 0 saturated carbocycles. The lowest BCUT2D eigenvalue weighted by Gasteiger charge is -2.23. The molecule has 0 saturated heterocycles. The molecule has 18 heavy (non-hydrogen) atoms. The lowest BCUT2D eigenvalue weighted by Crippen LogP contribution is -2.22.